The molecule has 21 heavy (non-hydrogen) atoms. The molecule has 2 rings (SSSR count). The third kappa shape index (κ3) is 4.18. The summed E-state index contributed by atoms with van der Waals surface area (Å²) in [5, 5.41) is 3.81. The minimum Gasteiger partial charge on any atom is -0.375 e. The van der Waals surface area contributed by atoms with E-state index in [0.717, 1.165) is 5.56 Å². The van der Waals surface area contributed by atoms with Gasteiger partial charge in [0.15, 0.2) is 0 Å². The number of nitrogens with one attached hydrogen (secondary N) is 1. The van der Waals surface area contributed by atoms with E-state index in [1.807, 2.05) is 24.3 Å². The molecule has 6 heteroatoms. The van der Waals surface area contributed by atoms with E-state index in [1.54, 1.807) is 19.2 Å². The molecule has 1 amide bonds. The lowest BCUT2D eigenvalue weighted by Gasteiger charge is -2.17. The predicted octanol–water partition coefficient (Wildman–Crippen LogP) is 2.63. The molecule has 0 aliphatic heterocycles. The van der Waals surface area contributed by atoms with Crippen molar-refractivity contribution in [2.45, 2.75) is 6.10 Å². The number of carbonyl (C=O) groups excluding carboxylic acids is 1. The fourth-order valence-corrected chi connectivity index (χ4v) is 2.02. The van der Waals surface area contributed by atoms with Crippen molar-refractivity contribution < 1.29 is 9.53 Å². The third-order valence-corrected chi connectivity index (χ3v) is 3.29. The van der Waals surface area contributed by atoms with Crippen LogP contribution in [0.25, 0.3) is 0 Å². The first-order valence-electron chi connectivity index (χ1n) is 6.38. The Kier molecular flexibility index (Phi) is 5.14. The summed E-state index contributed by atoms with van der Waals surface area (Å²) in [6, 6.07) is 10.6. The Hall–Kier alpha value is -2.11. The maximum Gasteiger partial charge on any atom is 0.248 e. The van der Waals surface area contributed by atoms with Crippen molar-refractivity contribution in [2.24, 2.45) is 5.73 Å². The molecule has 5 nitrogen and oxygen atoms in total. The van der Waals surface area contributed by atoms with Gasteiger partial charge in [0.25, 0.3) is 0 Å². The normalized spacial score (nSPS) is 11.9. The van der Waals surface area contributed by atoms with Gasteiger partial charge in [-0.3, -0.25) is 4.79 Å². The topological polar surface area (TPSA) is 77.2 Å². The van der Waals surface area contributed by atoms with Crippen molar-refractivity contribution in [1.82, 2.24) is 4.98 Å². The number of ether oxygens (including phenoxy) is 1. The molecule has 1 aromatic carbocycles. The van der Waals surface area contributed by atoms with E-state index in [4.69, 9.17) is 22.1 Å². The van der Waals surface area contributed by atoms with Gasteiger partial charge in [0.1, 0.15) is 5.82 Å². The van der Waals surface area contributed by atoms with Crippen LogP contribution in [0.5, 0.6) is 0 Å². The summed E-state index contributed by atoms with van der Waals surface area (Å²) in [5.41, 5.74) is 6.65. The third-order valence-electron chi connectivity index (χ3n) is 3.04. The molecule has 0 aliphatic rings. The van der Waals surface area contributed by atoms with E-state index in [1.165, 1.54) is 6.20 Å². The Labute approximate surface area is 128 Å². The monoisotopic (exact) mass is 305 g/mol. The van der Waals surface area contributed by atoms with Crippen molar-refractivity contribution in [2.75, 3.05) is 19.0 Å². The second kappa shape index (κ2) is 7.06. The SMILES string of the molecule is COC(CNc1cc(C(N)=O)ccn1)c1ccc(Cl)cc1. The molecule has 0 bridgehead atoms. The molecule has 1 unspecified atom stereocenters. The molecular formula is C15H16ClN3O2. The highest BCUT2D eigenvalue weighted by molar-refractivity contribution is 6.30. The van der Waals surface area contributed by atoms with Crippen molar-refractivity contribution >= 4 is 23.3 Å². The van der Waals surface area contributed by atoms with Crippen LogP contribution >= 0.6 is 11.6 Å². The first-order chi connectivity index (χ1) is 10.1. The number of carbonyl (C=O) groups is 1. The van der Waals surface area contributed by atoms with Crippen LogP contribution in [0.2, 0.25) is 5.02 Å². The van der Waals surface area contributed by atoms with E-state index in [-0.39, 0.29) is 6.10 Å². The maximum atomic E-state index is 11.1. The molecule has 1 heterocycles. The fraction of sp³-hybridized carbons (Fsp3) is 0.200. The number of hydrogen-bond donors (Lipinski definition) is 2. The molecule has 0 fully saturated rings. The smallest absolute Gasteiger partial charge is 0.248 e. The minimum atomic E-state index is -0.485. The van der Waals surface area contributed by atoms with E-state index in [0.29, 0.717) is 22.9 Å². The fourth-order valence-electron chi connectivity index (χ4n) is 1.89. The van der Waals surface area contributed by atoms with Crippen LogP contribution in [-0.4, -0.2) is 24.5 Å². The molecule has 0 saturated heterocycles. The van der Waals surface area contributed by atoms with Gasteiger partial charge in [0.05, 0.1) is 6.10 Å². The quantitative estimate of drug-likeness (QED) is 0.860. The number of primary amides is 1. The number of nitrogens with zero attached hydrogens (tertiary/aromatic N) is 1. The Bertz CT molecular complexity index is 617. The summed E-state index contributed by atoms with van der Waals surface area (Å²) >= 11 is 5.87. The molecule has 0 radical (unpaired) electrons. The molecule has 0 spiro atoms. The lowest BCUT2D eigenvalue weighted by Crippen LogP contribution is -2.16. The molecule has 2 aromatic rings. The predicted molar refractivity (Wildman–Crippen MR) is 82.4 cm³/mol. The highest BCUT2D eigenvalue weighted by Crippen LogP contribution is 2.20. The van der Waals surface area contributed by atoms with Gasteiger partial charge in [-0.05, 0) is 29.8 Å². The van der Waals surface area contributed by atoms with Crippen LogP contribution < -0.4 is 11.1 Å². The number of benzene rings is 1. The highest BCUT2D eigenvalue weighted by atomic mass is 35.5. The van der Waals surface area contributed by atoms with Gasteiger partial charge in [0.2, 0.25) is 5.91 Å². The molecule has 1 atom stereocenters. The lowest BCUT2D eigenvalue weighted by molar-refractivity contribution is 0.1000. The maximum absolute atomic E-state index is 11.1. The molecule has 110 valence electrons. The number of pyridine rings is 1. The van der Waals surface area contributed by atoms with Crippen LogP contribution in [-0.2, 0) is 4.74 Å². The van der Waals surface area contributed by atoms with E-state index in [9.17, 15) is 4.79 Å². The van der Waals surface area contributed by atoms with Gasteiger partial charge in [-0.2, -0.15) is 0 Å². The van der Waals surface area contributed by atoms with E-state index < -0.39 is 5.91 Å². The molecule has 3 N–H and O–H groups in total. The van der Waals surface area contributed by atoms with E-state index in [2.05, 4.69) is 10.3 Å². The minimum absolute atomic E-state index is 0.152. The number of nitrogens with two attached hydrogens (primary N) is 1. The summed E-state index contributed by atoms with van der Waals surface area (Å²) in [4.78, 5) is 15.3. The second-order valence-electron chi connectivity index (χ2n) is 4.45. The van der Waals surface area contributed by atoms with Gasteiger partial charge in [-0.1, -0.05) is 23.7 Å². The number of aromatic nitrogens is 1. The van der Waals surface area contributed by atoms with Crippen LogP contribution in [0, 0.1) is 0 Å². The number of hydrogen-bond acceptors (Lipinski definition) is 4. The molecular weight excluding hydrogens is 290 g/mol. The van der Waals surface area contributed by atoms with Gasteiger partial charge in [-0.15, -0.1) is 0 Å². The Morgan fingerprint density at radius 3 is 2.71 bits per heavy atom. The van der Waals surface area contributed by atoms with Gasteiger partial charge < -0.3 is 15.8 Å². The Morgan fingerprint density at radius 1 is 1.38 bits per heavy atom. The summed E-state index contributed by atoms with van der Waals surface area (Å²) in [6.07, 6.45) is 1.38. The molecule has 1 aromatic heterocycles. The highest BCUT2D eigenvalue weighted by Gasteiger charge is 2.11. The summed E-state index contributed by atoms with van der Waals surface area (Å²) in [7, 11) is 1.63. The number of methoxy groups -OCH3 is 1. The first kappa shape index (κ1) is 15.3. The van der Waals surface area contributed by atoms with Crippen LogP contribution in [0.4, 0.5) is 5.82 Å². The van der Waals surface area contributed by atoms with E-state index >= 15 is 0 Å². The summed E-state index contributed by atoms with van der Waals surface area (Å²) in [5.74, 6) is 0.0868. The average Bonchev–Trinajstić information content (AvgIpc) is 2.50. The average molecular weight is 306 g/mol. The number of halogens is 1. The number of rotatable bonds is 6. The number of anilines is 1. The van der Waals surface area contributed by atoms with Gasteiger partial charge in [-0.25, -0.2) is 4.98 Å². The standard InChI is InChI=1S/C15H16ClN3O2/c1-21-13(10-2-4-12(16)5-3-10)9-19-14-8-11(15(17)20)6-7-18-14/h2-8,13H,9H2,1H3,(H2,17,20)(H,18,19). The van der Waals surface area contributed by atoms with Crippen molar-refractivity contribution in [1.29, 1.82) is 0 Å². The summed E-state index contributed by atoms with van der Waals surface area (Å²) in [6.45, 7) is 0.507. The summed E-state index contributed by atoms with van der Waals surface area (Å²) < 4.78 is 5.45. The van der Waals surface area contributed by atoms with Crippen molar-refractivity contribution in [3.8, 4) is 0 Å². The molecule has 0 aliphatic carbocycles. The zero-order valence-corrected chi connectivity index (χ0v) is 12.3. The molecule has 0 saturated carbocycles. The first-order valence-corrected chi connectivity index (χ1v) is 6.76. The number of amides is 1. The largest absolute Gasteiger partial charge is 0.375 e. The van der Waals surface area contributed by atoms with Crippen LogP contribution in [0.1, 0.15) is 22.0 Å². The Morgan fingerprint density at radius 2 is 2.10 bits per heavy atom. The van der Waals surface area contributed by atoms with Crippen molar-refractivity contribution in [3.05, 3.63) is 58.7 Å². The second-order valence-corrected chi connectivity index (χ2v) is 4.89. The van der Waals surface area contributed by atoms with Gasteiger partial charge >= 0.3 is 0 Å². The Balaban J connectivity index is 2.04. The zero-order chi connectivity index (χ0) is 15.2. The van der Waals surface area contributed by atoms with Gasteiger partial charge in [0, 0.05) is 30.4 Å². The zero-order valence-electron chi connectivity index (χ0n) is 11.5. The van der Waals surface area contributed by atoms with Crippen LogP contribution in [0.15, 0.2) is 42.6 Å². The van der Waals surface area contributed by atoms with Crippen LogP contribution in [0.3, 0.4) is 0 Å². The lowest BCUT2D eigenvalue weighted by atomic mass is 10.1. The van der Waals surface area contributed by atoms with Crippen molar-refractivity contribution in [3.63, 3.8) is 0 Å².